The molecule has 0 radical (unpaired) electrons. The lowest BCUT2D eigenvalue weighted by atomic mass is 9.72. The van der Waals surface area contributed by atoms with Crippen LogP contribution in [-0.2, 0) is 9.47 Å². The van der Waals surface area contributed by atoms with Crippen LogP contribution in [0.15, 0.2) is 0 Å². The van der Waals surface area contributed by atoms with Gasteiger partial charge in [-0.1, -0.05) is 27.2 Å². The molecule has 1 heterocycles. The molecule has 2 atom stereocenters. The third-order valence-corrected chi connectivity index (χ3v) is 4.01. The average Bonchev–Trinajstić information content (AvgIpc) is 2.22. The van der Waals surface area contributed by atoms with E-state index in [2.05, 4.69) is 20.8 Å². The Bertz CT molecular complexity index is 231. The van der Waals surface area contributed by atoms with Crippen molar-refractivity contribution < 1.29 is 14.6 Å². The smallest absolute Gasteiger partial charge is 0.171 e. The summed E-state index contributed by atoms with van der Waals surface area (Å²) < 4.78 is 11.8. The first-order valence-electron chi connectivity index (χ1n) is 6.49. The summed E-state index contributed by atoms with van der Waals surface area (Å²) in [4.78, 5) is 0. The van der Waals surface area contributed by atoms with Crippen molar-refractivity contribution in [2.75, 3.05) is 13.2 Å². The SMILES string of the molecule is CC(C)C1CC[C@@H](C)CC12OCC(O)CO2. The van der Waals surface area contributed by atoms with Gasteiger partial charge in [-0.05, 0) is 18.3 Å². The van der Waals surface area contributed by atoms with Crippen molar-refractivity contribution >= 4 is 0 Å². The van der Waals surface area contributed by atoms with E-state index in [-0.39, 0.29) is 0 Å². The Morgan fingerprint density at radius 1 is 1.19 bits per heavy atom. The van der Waals surface area contributed by atoms with Crippen molar-refractivity contribution in [3.63, 3.8) is 0 Å². The maximum atomic E-state index is 9.46. The zero-order chi connectivity index (χ0) is 11.8. The Morgan fingerprint density at radius 3 is 2.38 bits per heavy atom. The normalized spacial score (nSPS) is 45.2. The quantitative estimate of drug-likeness (QED) is 0.747. The van der Waals surface area contributed by atoms with E-state index in [1.165, 1.54) is 12.8 Å². The molecule has 0 bridgehead atoms. The van der Waals surface area contributed by atoms with E-state index in [9.17, 15) is 5.11 Å². The van der Waals surface area contributed by atoms with E-state index in [4.69, 9.17) is 9.47 Å². The molecule has 1 aliphatic heterocycles. The Balaban J connectivity index is 2.12. The molecule has 0 aromatic carbocycles. The molecule has 0 aromatic rings. The second-order valence-corrected chi connectivity index (χ2v) is 5.82. The van der Waals surface area contributed by atoms with Gasteiger partial charge < -0.3 is 14.6 Å². The highest BCUT2D eigenvalue weighted by Crippen LogP contribution is 2.45. The third kappa shape index (κ3) is 2.27. The highest BCUT2D eigenvalue weighted by Gasteiger charge is 2.48. The van der Waals surface area contributed by atoms with Crippen molar-refractivity contribution in [3.05, 3.63) is 0 Å². The molecule has 1 aliphatic carbocycles. The molecule has 94 valence electrons. The third-order valence-electron chi connectivity index (χ3n) is 4.01. The molecule has 16 heavy (non-hydrogen) atoms. The zero-order valence-electron chi connectivity index (χ0n) is 10.6. The summed E-state index contributed by atoms with van der Waals surface area (Å²) in [5.41, 5.74) is 0. The molecule has 2 aliphatic rings. The molecule has 1 spiro atoms. The molecule has 0 aromatic heterocycles. The highest BCUT2D eigenvalue weighted by molar-refractivity contribution is 4.90. The van der Waals surface area contributed by atoms with E-state index in [0.29, 0.717) is 31.0 Å². The van der Waals surface area contributed by atoms with Gasteiger partial charge in [-0.3, -0.25) is 0 Å². The number of aliphatic hydroxyl groups excluding tert-OH is 1. The van der Waals surface area contributed by atoms with Crippen LogP contribution in [0.3, 0.4) is 0 Å². The van der Waals surface area contributed by atoms with Crippen molar-refractivity contribution in [2.24, 2.45) is 17.8 Å². The highest BCUT2D eigenvalue weighted by atomic mass is 16.7. The van der Waals surface area contributed by atoms with Crippen molar-refractivity contribution in [1.82, 2.24) is 0 Å². The average molecular weight is 228 g/mol. The zero-order valence-corrected chi connectivity index (χ0v) is 10.6. The molecule has 3 heteroatoms. The lowest BCUT2D eigenvalue weighted by Crippen LogP contribution is -2.55. The van der Waals surface area contributed by atoms with Gasteiger partial charge in [0.05, 0.1) is 13.2 Å². The van der Waals surface area contributed by atoms with Crippen LogP contribution in [0.25, 0.3) is 0 Å². The second-order valence-electron chi connectivity index (χ2n) is 5.82. The minimum absolute atomic E-state index is 0.412. The largest absolute Gasteiger partial charge is 0.388 e. The standard InChI is InChI=1S/C13H24O3/c1-9(2)12-5-4-10(3)6-13(12)15-7-11(14)8-16-13/h9-12,14H,4-8H2,1-3H3/t10-,11?,12?,13?/m1/s1. The van der Waals surface area contributed by atoms with E-state index < -0.39 is 11.9 Å². The summed E-state index contributed by atoms with van der Waals surface area (Å²) in [6.45, 7) is 7.59. The molecular formula is C13H24O3. The fourth-order valence-corrected chi connectivity index (χ4v) is 3.16. The Hall–Kier alpha value is -0.120. The molecule has 1 saturated carbocycles. The Kier molecular flexibility index (Phi) is 3.57. The topological polar surface area (TPSA) is 38.7 Å². The molecule has 0 amide bonds. The van der Waals surface area contributed by atoms with Crippen LogP contribution in [0, 0.1) is 17.8 Å². The van der Waals surface area contributed by atoms with Gasteiger partial charge in [0, 0.05) is 12.3 Å². The van der Waals surface area contributed by atoms with Crippen LogP contribution in [-0.4, -0.2) is 30.2 Å². The molecule has 2 rings (SSSR count). The van der Waals surface area contributed by atoms with Gasteiger partial charge in [0.15, 0.2) is 5.79 Å². The van der Waals surface area contributed by atoms with Gasteiger partial charge >= 0.3 is 0 Å². The van der Waals surface area contributed by atoms with E-state index >= 15 is 0 Å². The lowest BCUT2D eigenvalue weighted by Gasteiger charge is -2.50. The summed E-state index contributed by atoms with van der Waals surface area (Å²) in [7, 11) is 0. The Labute approximate surface area is 98.1 Å². The lowest BCUT2D eigenvalue weighted by molar-refractivity contribution is -0.336. The van der Waals surface area contributed by atoms with Gasteiger partial charge in [0.1, 0.15) is 6.10 Å². The number of aliphatic hydroxyl groups is 1. The number of hydrogen-bond donors (Lipinski definition) is 1. The summed E-state index contributed by atoms with van der Waals surface area (Å²) in [5, 5.41) is 9.46. The van der Waals surface area contributed by atoms with Gasteiger partial charge in [0.2, 0.25) is 0 Å². The van der Waals surface area contributed by atoms with E-state index in [0.717, 1.165) is 6.42 Å². The number of rotatable bonds is 1. The molecule has 1 N–H and O–H groups in total. The molecule has 3 nitrogen and oxygen atoms in total. The van der Waals surface area contributed by atoms with Crippen LogP contribution < -0.4 is 0 Å². The maximum Gasteiger partial charge on any atom is 0.171 e. The van der Waals surface area contributed by atoms with Crippen LogP contribution in [0.4, 0.5) is 0 Å². The summed E-state index contributed by atoms with van der Waals surface area (Å²) >= 11 is 0. The second kappa shape index (κ2) is 4.63. The minimum atomic E-state index is -0.448. The van der Waals surface area contributed by atoms with Gasteiger partial charge in [-0.25, -0.2) is 0 Å². The molecule has 1 saturated heterocycles. The van der Waals surface area contributed by atoms with Crippen LogP contribution in [0.2, 0.25) is 0 Å². The molecular weight excluding hydrogens is 204 g/mol. The van der Waals surface area contributed by atoms with E-state index in [1.54, 1.807) is 0 Å². The van der Waals surface area contributed by atoms with Gasteiger partial charge in [-0.2, -0.15) is 0 Å². The van der Waals surface area contributed by atoms with Gasteiger partial charge in [-0.15, -0.1) is 0 Å². The first-order valence-corrected chi connectivity index (χ1v) is 6.49. The van der Waals surface area contributed by atoms with Crippen molar-refractivity contribution in [3.8, 4) is 0 Å². The first kappa shape index (κ1) is 12.3. The fraction of sp³-hybridized carbons (Fsp3) is 1.00. The molecule has 2 fully saturated rings. The predicted octanol–water partition coefficient (Wildman–Crippen LogP) is 2.18. The van der Waals surface area contributed by atoms with Crippen LogP contribution in [0.1, 0.15) is 40.0 Å². The van der Waals surface area contributed by atoms with Crippen molar-refractivity contribution in [2.45, 2.75) is 51.9 Å². The predicted molar refractivity (Wildman–Crippen MR) is 62.0 cm³/mol. The monoisotopic (exact) mass is 228 g/mol. The summed E-state index contributed by atoms with van der Waals surface area (Å²) in [6.07, 6.45) is 2.97. The van der Waals surface area contributed by atoms with E-state index in [1.807, 2.05) is 0 Å². The summed E-state index contributed by atoms with van der Waals surface area (Å²) in [5.74, 6) is 1.29. The van der Waals surface area contributed by atoms with Gasteiger partial charge in [0.25, 0.3) is 0 Å². The minimum Gasteiger partial charge on any atom is -0.388 e. The number of ether oxygens (including phenoxy) is 2. The fourth-order valence-electron chi connectivity index (χ4n) is 3.16. The first-order chi connectivity index (χ1) is 7.53. The summed E-state index contributed by atoms with van der Waals surface area (Å²) in [6, 6.07) is 0. The maximum absolute atomic E-state index is 9.46. The van der Waals surface area contributed by atoms with Crippen molar-refractivity contribution in [1.29, 1.82) is 0 Å². The van der Waals surface area contributed by atoms with Crippen LogP contribution in [0.5, 0.6) is 0 Å². The van der Waals surface area contributed by atoms with Crippen LogP contribution >= 0.6 is 0 Å². The Morgan fingerprint density at radius 2 is 1.81 bits per heavy atom. The number of hydrogen-bond acceptors (Lipinski definition) is 3. The molecule has 1 unspecified atom stereocenters.